The molecule has 3 N–H and O–H groups in total. The van der Waals surface area contributed by atoms with Crippen LogP contribution in [0.5, 0.6) is 0 Å². The lowest BCUT2D eigenvalue weighted by Crippen LogP contribution is -2.91. The van der Waals surface area contributed by atoms with Crippen LogP contribution in [0.1, 0.15) is 41.1 Å². The molecule has 3 rings (SSSR count). The number of pyridine rings is 2. The van der Waals surface area contributed by atoms with Crippen molar-refractivity contribution in [2.75, 3.05) is 19.9 Å². The highest BCUT2D eigenvalue weighted by atomic mass is 35.5. The van der Waals surface area contributed by atoms with Crippen molar-refractivity contribution in [1.82, 2.24) is 9.97 Å². The Balaban J connectivity index is 0.00000100. The minimum absolute atomic E-state index is 0.00788. The van der Waals surface area contributed by atoms with Crippen LogP contribution in [0.15, 0.2) is 30.5 Å². The number of nitrogens with two attached hydrogens (primary N) is 1. The van der Waals surface area contributed by atoms with E-state index >= 15 is 0 Å². The molecule has 0 fully saturated rings. The van der Waals surface area contributed by atoms with E-state index in [0.717, 1.165) is 6.92 Å². The van der Waals surface area contributed by atoms with Gasteiger partial charge in [0.1, 0.15) is 19.0 Å². The Morgan fingerprint density at radius 1 is 1.53 bits per heavy atom. The molecule has 160 valence electrons. The number of carbonyl (C=O) groups is 2. The first kappa shape index (κ1) is 16.8. The van der Waals surface area contributed by atoms with Gasteiger partial charge in [0.15, 0.2) is 11.3 Å². The van der Waals surface area contributed by atoms with Crippen molar-refractivity contribution in [3.63, 3.8) is 0 Å². The summed E-state index contributed by atoms with van der Waals surface area (Å²) >= 11 is 5.80. The summed E-state index contributed by atoms with van der Waals surface area (Å²) in [6.45, 7) is -2.55. The molecule has 1 atom stereocenters. The number of nitrogens with one attached hydrogen (secondary N) is 1. The van der Waals surface area contributed by atoms with Crippen LogP contribution in [-0.2, 0) is 21.5 Å². The summed E-state index contributed by atoms with van der Waals surface area (Å²) in [7, 11) is 0. The second kappa shape index (κ2) is 10.2. The number of alkyl halides is 1. The summed E-state index contributed by atoms with van der Waals surface area (Å²) < 4.78 is 57.9. The zero-order valence-corrected chi connectivity index (χ0v) is 16.7. The Labute approximate surface area is 185 Å². The number of rotatable bonds is 5. The van der Waals surface area contributed by atoms with Crippen LogP contribution in [-0.4, -0.2) is 47.4 Å². The van der Waals surface area contributed by atoms with Gasteiger partial charge in [0.05, 0.1) is 20.8 Å². The van der Waals surface area contributed by atoms with Gasteiger partial charge in [0.25, 0.3) is 5.84 Å². The Bertz CT molecular complexity index is 1160. The van der Waals surface area contributed by atoms with Gasteiger partial charge in [0, 0.05) is 33.7 Å². The van der Waals surface area contributed by atoms with Crippen molar-refractivity contribution in [2.45, 2.75) is 25.7 Å². The zero-order valence-electron chi connectivity index (χ0n) is 20.9. The molecular weight excluding hydrogens is 415 g/mol. The summed E-state index contributed by atoms with van der Waals surface area (Å²) in [5, 5.41) is 8.44. The average Bonchev–Trinajstić information content (AvgIpc) is 2.76. The Morgan fingerprint density at radius 3 is 2.90 bits per heavy atom. The molecule has 2 aromatic rings. The summed E-state index contributed by atoms with van der Waals surface area (Å²) in [4.78, 5) is 32.5. The largest absolute Gasteiger partial charge is 0.550 e. The maximum atomic E-state index is 13.9. The van der Waals surface area contributed by atoms with Crippen molar-refractivity contribution in [3.05, 3.63) is 58.1 Å². The van der Waals surface area contributed by atoms with Crippen molar-refractivity contribution >= 4 is 29.2 Å². The van der Waals surface area contributed by atoms with E-state index in [2.05, 4.69) is 15.0 Å². The number of hydrogen-bond acceptors (Lipinski definition) is 7. The van der Waals surface area contributed by atoms with Crippen molar-refractivity contribution in [2.24, 2.45) is 5.73 Å². The maximum absolute atomic E-state index is 13.9. The van der Waals surface area contributed by atoms with Gasteiger partial charge < -0.3 is 14.6 Å². The fourth-order valence-electron chi connectivity index (χ4n) is 2.70. The molecule has 0 spiro atoms. The number of ketones is 1. The predicted octanol–water partition coefficient (Wildman–Crippen LogP) is -0.747. The Hall–Kier alpha value is -2.91. The second-order valence-corrected chi connectivity index (χ2v) is 6.75. The highest BCUT2D eigenvalue weighted by molar-refractivity contribution is 6.30. The molecule has 1 unspecified atom stereocenters. The lowest BCUT2D eigenvalue weighted by atomic mass is 9.91. The summed E-state index contributed by atoms with van der Waals surface area (Å²) in [5.74, 6) is -1.58. The molecule has 2 aromatic heterocycles. The minimum Gasteiger partial charge on any atom is -0.550 e. The van der Waals surface area contributed by atoms with Gasteiger partial charge in [-0.1, -0.05) is 11.6 Å². The van der Waals surface area contributed by atoms with Crippen LogP contribution in [0.4, 0.5) is 4.39 Å². The maximum Gasteiger partial charge on any atom is 0.267 e. The van der Waals surface area contributed by atoms with E-state index in [0.29, 0.717) is 5.56 Å². The number of aromatic nitrogens is 2. The molecular formula is C20H22ClFN4O4. The standard InChI is InChI=1S/C18H18ClFN4O2.C2H4O2/c1-11-4-13(19)7-23-17(11)15(25)6-14-5-12(2-3-22-14)18(9-20)10-26-8-16(21)24-18;1-2(3)4/h2-5,7H,6,8-10H2,1H3,(H2,21,24);1H3,(H,3,4)/i1D3,4D,7D;. The highest BCUT2D eigenvalue weighted by Gasteiger charge is 2.39. The molecule has 30 heavy (non-hydrogen) atoms. The van der Waals surface area contributed by atoms with E-state index in [1.807, 2.05) is 0 Å². The number of carboxylic acids is 1. The fourth-order valence-corrected chi connectivity index (χ4v) is 2.84. The topological polar surface area (TPSA) is 132 Å². The molecule has 0 aliphatic carbocycles. The van der Waals surface area contributed by atoms with Crippen LogP contribution in [0.2, 0.25) is 5.02 Å². The van der Waals surface area contributed by atoms with E-state index in [9.17, 15) is 9.18 Å². The first-order chi connectivity index (χ1) is 16.2. The van der Waals surface area contributed by atoms with Gasteiger partial charge in [-0.3, -0.25) is 25.5 Å². The van der Waals surface area contributed by atoms with Gasteiger partial charge in [-0.25, -0.2) is 4.39 Å². The molecule has 0 saturated carbocycles. The molecule has 8 nitrogen and oxygen atoms in total. The molecule has 0 aromatic carbocycles. The molecule has 0 bridgehead atoms. The second-order valence-electron chi connectivity index (χ2n) is 6.37. The van der Waals surface area contributed by atoms with Crippen LogP contribution in [0.25, 0.3) is 0 Å². The third-order valence-corrected chi connectivity index (χ3v) is 4.13. The zero-order chi connectivity index (χ0) is 26.6. The molecule has 1 aliphatic rings. The number of hydrogen-bond donors (Lipinski definition) is 2. The van der Waals surface area contributed by atoms with E-state index in [-0.39, 0.29) is 31.2 Å². The Kier molecular flexibility index (Phi) is 5.74. The highest BCUT2D eigenvalue weighted by Crippen LogP contribution is 2.21. The van der Waals surface area contributed by atoms with Crippen LogP contribution in [0.3, 0.4) is 0 Å². The molecule has 0 amide bonds. The van der Waals surface area contributed by atoms with E-state index in [1.165, 1.54) is 12.3 Å². The predicted molar refractivity (Wildman–Crippen MR) is 106 cm³/mol. The molecule has 1 aliphatic heterocycles. The lowest BCUT2D eigenvalue weighted by Gasteiger charge is -2.28. The molecule has 10 heteroatoms. The normalized spacial score (nSPS) is 20.9. The smallest absolute Gasteiger partial charge is 0.267 e. The molecule has 0 radical (unpaired) electrons. The van der Waals surface area contributed by atoms with E-state index in [1.54, 1.807) is 6.07 Å². The minimum atomic E-state index is -2.84. The van der Waals surface area contributed by atoms with Crippen LogP contribution < -0.4 is 15.8 Å². The van der Waals surface area contributed by atoms with Crippen molar-refractivity contribution in [3.8, 4) is 0 Å². The van der Waals surface area contributed by atoms with Crippen LogP contribution in [0, 0.1) is 6.85 Å². The number of amidine groups is 1. The lowest BCUT2D eigenvalue weighted by molar-refractivity contribution is -0.581. The van der Waals surface area contributed by atoms with Crippen molar-refractivity contribution in [1.29, 1.82) is 0 Å². The van der Waals surface area contributed by atoms with Gasteiger partial charge in [0.2, 0.25) is 0 Å². The van der Waals surface area contributed by atoms with Crippen molar-refractivity contribution < 1.29 is 35.7 Å². The average molecular weight is 442 g/mol. The third kappa shape index (κ3) is 6.04. The number of carbonyl (C=O) groups excluding carboxylic acids is 2. The van der Waals surface area contributed by atoms with E-state index in [4.69, 9.17) is 38.8 Å². The molecule has 0 saturated heterocycles. The Morgan fingerprint density at radius 2 is 2.27 bits per heavy atom. The summed E-state index contributed by atoms with van der Waals surface area (Å²) in [6, 6.07) is 2.40. The van der Waals surface area contributed by atoms with Gasteiger partial charge in [-0.15, -0.1) is 0 Å². The molecule has 3 heterocycles. The third-order valence-electron chi connectivity index (χ3n) is 3.95. The number of aliphatic carboxylic acids is 1. The number of Topliss-reactive ketones (excluding diaryl/α,β-unsaturated/α-hetero) is 1. The van der Waals surface area contributed by atoms with Gasteiger partial charge in [-0.05, 0) is 37.5 Å². The summed E-state index contributed by atoms with van der Waals surface area (Å²) in [6.07, 6.45) is 0.427. The fraction of sp³-hybridized carbons (Fsp3) is 0.350. The summed E-state index contributed by atoms with van der Waals surface area (Å²) in [5.41, 5.74) is 4.00. The monoisotopic (exact) mass is 441 g/mol. The number of nitrogens with zero attached hydrogens (tertiary/aromatic N) is 2. The first-order valence-corrected chi connectivity index (χ1v) is 8.96. The number of carboxylic acid groups (broad SMARTS) is 1. The first-order valence-electron chi connectivity index (χ1n) is 11.1. The van der Waals surface area contributed by atoms with Crippen LogP contribution >= 0.6 is 11.6 Å². The van der Waals surface area contributed by atoms with Gasteiger partial charge in [-0.2, -0.15) is 0 Å². The van der Waals surface area contributed by atoms with Gasteiger partial charge >= 0.3 is 0 Å². The quantitative estimate of drug-likeness (QED) is 0.583. The SMILES string of the molecule is CC(=O)[O-].[2H]c1nc(C(=O)Cc2cc(C3(CF)COCC(N)=[NH+]3)ccn2)c(C([2H])([2H])[2H])c([2H])c1Cl. The number of ether oxygens (including phenoxy) is 1. The number of halogens is 2. The van der Waals surface area contributed by atoms with E-state index < -0.39 is 59.3 Å².